The summed E-state index contributed by atoms with van der Waals surface area (Å²) >= 11 is 0. The SMILES string of the molecule is COC[C@H](C)Oc1cc(Oc2cnc(C(=O)C34C(N5CCC5)C(C)CCC3C4(C)C)cn2)cc(C(=O)O)c1. The number of carboxylic acids is 1. The second-order valence-corrected chi connectivity index (χ2v) is 11.6. The number of likely N-dealkylation sites (tertiary alicyclic amines) is 1. The fourth-order valence-electron chi connectivity index (χ4n) is 7.11. The van der Waals surface area contributed by atoms with Crippen LogP contribution in [0.15, 0.2) is 30.6 Å². The van der Waals surface area contributed by atoms with Crippen molar-refractivity contribution in [2.75, 3.05) is 26.8 Å². The van der Waals surface area contributed by atoms with E-state index in [1.165, 1.54) is 30.9 Å². The zero-order valence-electron chi connectivity index (χ0n) is 22.8. The van der Waals surface area contributed by atoms with Crippen LogP contribution in [0.1, 0.15) is 67.8 Å². The zero-order chi connectivity index (χ0) is 27.2. The summed E-state index contributed by atoms with van der Waals surface area (Å²) in [6.07, 6.45) is 6.04. The number of Topliss-reactive ketones (excluding diaryl/α,β-unsaturated/α-hetero) is 1. The van der Waals surface area contributed by atoms with E-state index in [0.29, 0.717) is 29.9 Å². The quantitative estimate of drug-likeness (QED) is 0.443. The molecule has 4 unspecified atom stereocenters. The minimum atomic E-state index is -1.11. The Morgan fingerprint density at radius 1 is 1.13 bits per heavy atom. The highest BCUT2D eigenvalue weighted by atomic mass is 16.5. The third-order valence-electron chi connectivity index (χ3n) is 8.93. The van der Waals surface area contributed by atoms with Crippen LogP contribution in [-0.2, 0) is 4.74 Å². The number of rotatable bonds is 10. The summed E-state index contributed by atoms with van der Waals surface area (Å²) in [6.45, 7) is 11.0. The molecule has 0 bridgehead atoms. The van der Waals surface area contributed by atoms with E-state index in [-0.39, 0.29) is 40.5 Å². The van der Waals surface area contributed by atoms with E-state index in [1.54, 1.807) is 13.2 Å². The Bertz CT molecular complexity index is 1210. The largest absolute Gasteiger partial charge is 0.488 e. The van der Waals surface area contributed by atoms with Crippen molar-refractivity contribution in [1.82, 2.24) is 14.9 Å². The number of aromatic nitrogens is 2. The van der Waals surface area contributed by atoms with Gasteiger partial charge in [-0.05, 0) is 68.7 Å². The molecule has 0 radical (unpaired) electrons. The molecule has 2 saturated carbocycles. The highest BCUT2D eigenvalue weighted by molar-refractivity contribution is 6.03. The van der Waals surface area contributed by atoms with Crippen molar-refractivity contribution >= 4 is 11.8 Å². The number of methoxy groups -OCH3 is 1. The van der Waals surface area contributed by atoms with Gasteiger partial charge >= 0.3 is 5.97 Å². The van der Waals surface area contributed by atoms with Gasteiger partial charge in [0.15, 0.2) is 5.78 Å². The molecule has 204 valence electrons. The van der Waals surface area contributed by atoms with E-state index in [0.717, 1.165) is 25.9 Å². The highest BCUT2D eigenvalue weighted by Crippen LogP contribution is 2.77. The summed E-state index contributed by atoms with van der Waals surface area (Å²) in [5, 5.41) is 9.53. The molecular weight excluding hydrogens is 486 g/mol. The van der Waals surface area contributed by atoms with Crippen molar-refractivity contribution in [2.45, 2.75) is 59.1 Å². The molecule has 1 aliphatic heterocycles. The predicted molar refractivity (Wildman–Crippen MR) is 140 cm³/mol. The molecule has 2 heterocycles. The van der Waals surface area contributed by atoms with Crippen molar-refractivity contribution in [3.63, 3.8) is 0 Å². The second-order valence-electron chi connectivity index (χ2n) is 11.6. The molecule has 2 aromatic rings. The molecule has 0 spiro atoms. The molecule has 3 fully saturated rings. The third-order valence-corrected chi connectivity index (χ3v) is 8.93. The lowest BCUT2D eigenvalue weighted by molar-refractivity contribution is 0.00450. The maximum Gasteiger partial charge on any atom is 0.335 e. The molecule has 1 aromatic heterocycles. The Kier molecular flexibility index (Phi) is 6.94. The average Bonchev–Trinajstić information content (AvgIpc) is 3.35. The smallest absolute Gasteiger partial charge is 0.335 e. The normalized spacial score (nSPS) is 28.5. The van der Waals surface area contributed by atoms with E-state index in [9.17, 15) is 14.7 Å². The lowest BCUT2D eigenvalue weighted by atomic mass is 9.70. The Balaban J connectivity index is 1.37. The maximum absolute atomic E-state index is 14.1. The summed E-state index contributed by atoms with van der Waals surface area (Å²) < 4.78 is 16.7. The van der Waals surface area contributed by atoms with Crippen LogP contribution in [0.5, 0.6) is 17.4 Å². The number of hydrogen-bond acceptors (Lipinski definition) is 8. The minimum Gasteiger partial charge on any atom is -0.488 e. The van der Waals surface area contributed by atoms with Crippen LogP contribution in [0.2, 0.25) is 0 Å². The van der Waals surface area contributed by atoms with Crippen molar-refractivity contribution in [2.24, 2.45) is 22.7 Å². The van der Waals surface area contributed by atoms with E-state index in [1.807, 2.05) is 6.92 Å². The van der Waals surface area contributed by atoms with Crippen LogP contribution >= 0.6 is 0 Å². The lowest BCUT2D eigenvalue weighted by Crippen LogP contribution is -2.57. The molecule has 1 aromatic carbocycles. The molecule has 2 aliphatic carbocycles. The number of carbonyl (C=O) groups excluding carboxylic acids is 1. The van der Waals surface area contributed by atoms with Gasteiger partial charge in [-0.1, -0.05) is 20.8 Å². The summed E-state index contributed by atoms with van der Waals surface area (Å²) in [5.41, 5.74) is -0.154. The second kappa shape index (κ2) is 9.93. The molecule has 1 saturated heterocycles. The molecule has 1 N–H and O–H groups in total. The number of ether oxygens (including phenoxy) is 3. The molecule has 38 heavy (non-hydrogen) atoms. The van der Waals surface area contributed by atoms with Crippen LogP contribution in [0.3, 0.4) is 0 Å². The van der Waals surface area contributed by atoms with Crippen LogP contribution < -0.4 is 9.47 Å². The van der Waals surface area contributed by atoms with Crippen LogP contribution in [-0.4, -0.2) is 70.7 Å². The highest BCUT2D eigenvalue weighted by Gasteiger charge is 2.80. The Morgan fingerprint density at radius 2 is 1.87 bits per heavy atom. The van der Waals surface area contributed by atoms with Gasteiger partial charge in [-0.25, -0.2) is 14.8 Å². The summed E-state index contributed by atoms with van der Waals surface area (Å²) in [7, 11) is 1.57. The van der Waals surface area contributed by atoms with E-state index in [4.69, 9.17) is 14.2 Å². The van der Waals surface area contributed by atoms with Gasteiger partial charge < -0.3 is 19.3 Å². The molecule has 0 amide bonds. The van der Waals surface area contributed by atoms with Gasteiger partial charge in [0.25, 0.3) is 0 Å². The topological polar surface area (TPSA) is 111 Å². The average molecular weight is 524 g/mol. The Hall–Kier alpha value is -3.04. The number of ketones is 1. The predicted octanol–water partition coefficient (Wildman–Crippen LogP) is 4.71. The number of nitrogens with zero attached hydrogens (tertiary/aromatic N) is 3. The molecule has 5 rings (SSSR count). The van der Waals surface area contributed by atoms with E-state index >= 15 is 0 Å². The van der Waals surface area contributed by atoms with Gasteiger partial charge in [0, 0.05) is 19.2 Å². The minimum absolute atomic E-state index is 0.0198. The summed E-state index contributed by atoms with van der Waals surface area (Å²) in [4.78, 5) is 37.1. The van der Waals surface area contributed by atoms with Crippen LogP contribution in [0, 0.1) is 22.7 Å². The first-order valence-electron chi connectivity index (χ1n) is 13.4. The Labute approximate surface area is 223 Å². The van der Waals surface area contributed by atoms with Crippen molar-refractivity contribution in [3.8, 4) is 17.4 Å². The van der Waals surface area contributed by atoms with Gasteiger partial charge in [0.05, 0.1) is 30.0 Å². The first-order chi connectivity index (χ1) is 18.1. The van der Waals surface area contributed by atoms with E-state index < -0.39 is 11.4 Å². The van der Waals surface area contributed by atoms with Gasteiger partial charge in [-0.2, -0.15) is 0 Å². The summed E-state index contributed by atoms with van der Waals surface area (Å²) in [6, 6.07) is 4.65. The monoisotopic (exact) mass is 523 g/mol. The van der Waals surface area contributed by atoms with Crippen molar-refractivity contribution in [1.29, 1.82) is 0 Å². The van der Waals surface area contributed by atoms with E-state index in [2.05, 4.69) is 35.6 Å². The summed E-state index contributed by atoms with van der Waals surface area (Å²) in [5.74, 6) is 0.529. The zero-order valence-corrected chi connectivity index (χ0v) is 22.8. The fraction of sp³-hybridized carbons (Fsp3) is 0.586. The number of aromatic carboxylic acids is 1. The lowest BCUT2D eigenvalue weighted by Gasteiger charge is -2.48. The number of benzene rings is 1. The van der Waals surface area contributed by atoms with Crippen LogP contribution in [0.4, 0.5) is 0 Å². The van der Waals surface area contributed by atoms with Crippen LogP contribution in [0.25, 0.3) is 0 Å². The van der Waals surface area contributed by atoms with Gasteiger partial charge in [-0.3, -0.25) is 9.69 Å². The standard InChI is InChI=1S/C29H37N3O6/c1-17-7-8-23-28(3,4)29(23,25(17)32-9-6-10-32)26(33)22-14-31-24(15-30-22)38-21-12-19(27(34)35)11-20(13-21)37-18(2)16-36-5/h11-15,17-18,23,25H,6-10,16H2,1-5H3,(H,34,35)/t17?,18-,23?,25?,29?/m0/s1. The van der Waals surface area contributed by atoms with Gasteiger partial charge in [-0.15, -0.1) is 0 Å². The molecule has 5 atom stereocenters. The third kappa shape index (κ3) is 4.35. The van der Waals surface area contributed by atoms with Crippen molar-refractivity contribution in [3.05, 3.63) is 41.9 Å². The number of hydrogen-bond donors (Lipinski definition) is 1. The van der Waals surface area contributed by atoms with Gasteiger partial charge in [0.1, 0.15) is 23.3 Å². The maximum atomic E-state index is 14.1. The first kappa shape index (κ1) is 26.6. The molecule has 9 heteroatoms. The number of carbonyl (C=O) groups is 2. The Morgan fingerprint density at radius 3 is 2.47 bits per heavy atom. The van der Waals surface area contributed by atoms with Crippen molar-refractivity contribution < 1.29 is 28.9 Å². The van der Waals surface area contributed by atoms with Gasteiger partial charge in [0.2, 0.25) is 5.88 Å². The fourth-order valence-corrected chi connectivity index (χ4v) is 7.11. The molecular formula is C29H37N3O6. The number of carboxylic acid groups (broad SMARTS) is 1. The number of fused-ring (bicyclic) bond motifs is 1. The molecule has 3 aliphatic rings. The molecule has 9 nitrogen and oxygen atoms in total. The first-order valence-corrected chi connectivity index (χ1v) is 13.4.